The van der Waals surface area contributed by atoms with Crippen molar-refractivity contribution in [3.05, 3.63) is 64.3 Å². The van der Waals surface area contributed by atoms with Crippen LogP contribution in [-0.4, -0.2) is 17.3 Å². The molecule has 0 spiro atoms. The van der Waals surface area contributed by atoms with Crippen LogP contribution in [0.4, 0.5) is 0 Å². The number of ether oxygens (including phenoxy) is 2. The van der Waals surface area contributed by atoms with Crippen LogP contribution in [0.1, 0.15) is 103 Å². The molecule has 2 heterocycles. The van der Waals surface area contributed by atoms with Crippen LogP contribution in [0.25, 0.3) is 28.6 Å². The lowest BCUT2D eigenvalue weighted by atomic mass is 9.95. The van der Waals surface area contributed by atoms with Gasteiger partial charge in [-0.05, 0) is 38.5 Å². The lowest BCUT2D eigenvalue weighted by Crippen LogP contribution is -2.30. The molecule has 1 aliphatic carbocycles. The fourth-order valence-corrected chi connectivity index (χ4v) is 5.71. The van der Waals surface area contributed by atoms with E-state index in [-0.39, 0.29) is 5.43 Å². The van der Waals surface area contributed by atoms with Gasteiger partial charge in [-0.1, -0.05) is 114 Å². The zero-order valence-corrected chi connectivity index (χ0v) is 24.6. The van der Waals surface area contributed by atoms with Crippen molar-refractivity contribution in [3.8, 4) is 34.0 Å². The molecule has 0 radical (unpaired) electrons. The monoisotopic (exact) mass is 529 g/mol. The van der Waals surface area contributed by atoms with Gasteiger partial charge >= 0.3 is 0 Å². The first-order valence-electron chi connectivity index (χ1n) is 15.2. The van der Waals surface area contributed by atoms with E-state index in [1.165, 1.54) is 70.6 Å². The number of rotatable bonds is 15. The number of nitrogens with zero attached hydrogens (tertiary/aromatic N) is 1. The van der Waals surface area contributed by atoms with Crippen LogP contribution in [-0.2, 0) is 6.54 Å². The third kappa shape index (κ3) is 7.35. The Bertz CT molecular complexity index is 1260. The van der Waals surface area contributed by atoms with Gasteiger partial charge < -0.3 is 14.0 Å². The lowest BCUT2D eigenvalue weighted by Gasteiger charge is -2.32. The van der Waals surface area contributed by atoms with Gasteiger partial charge in [0.2, 0.25) is 0 Å². The number of hydrogen-bond donors (Lipinski definition) is 0. The molecule has 3 aliphatic rings. The number of benzene rings is 2. The Balaban J connectivity index is 1.55. The second kappa shape index (κ2) is 13.9. The summed E-state index contributed by atoms with van der Waals surface area (Å²) in [5, 5.41) is 0. The average Bonchev–Trinajstić information content (AvgIpc) is 2.93. The van der Waals surface area contributed by atoms with E-state index >= 15 is 0 Å². The molecule has 39 heavy (non-hydrogen) atoms. The van der Waals surface area contributed by atoms with Gasteiger partial charge in [-0.3, -0.25) is 4.79 Å². The minimum absolute atomic E-state index is 0.00179. The van der Waals surface area contributed by atoms with E-state index < -0.39 is 5.60 Å². The SMILES string of the molecule is CCCCCCCCCCCCCCn1c(-c2ccccc2)c(OC)cc2c(=O)cc3c(c1-2)OC(C)(C)C=C3. The molecule has 0 N–H and O–H groups in total. The summed E-state index contributed by atoms with van der Waals surface area (Å²) in [5.41, 5.74) is 4.00. The van der Waals surface area contributed by atoms with Crippen molar-refractivity contribution in [1.82, 2.24) is 4.57 Å². The summed E-state index contributed by atoms with van der Waals surface area (Å²) in [7, 11) is 1.69. The number of hydrogen-bond acceptors (Lipinski definition) is 3. The zero-order valence-electron chi connectivity index (χ0n) is 24.6. The van der Waals surface area contributed by atoms with Gasteiger partial charge in [0.05, 0.1) is 24.1 Å². The van der Waals surface area contributed by atoms with E-state index in [2.05, 4.69) is 49.6 Å². The second-order valence-electron chi connectivity index (χ2n) is 11.6. The molecule has 0 saturated heterocycles. The van der Waals surface area contributed by atoms with Crippen LogP contribution in [0.3, 0.4) is 0 Å². The highest BCUT2D eigenvalue weighted by atomic mass is 16.5. The van der Waals surface area contributed by atoms with Gasteiger partial charge in [0.15, 0.2) is 11.2 Å². The smallest absolute Gasteiger partial charge is 0.188 e. The molecule has 0 aromatic heterocycles. The summed E-state index contributed by atoms with van der Waals surface area (Å²) in [6, 6.07) is 13.9. The van der Waals surface area contributed by atoms with Crippen molar-refractivity contribution < 1.29 is 9.47 Å². The fraction of sp³-hybridized carbons (Fsp3) is 0.514. The molecule has 0 saturated carbocycles. The summed E-state index contributed by atoms with van der Waals surface area (Å²) in [6.45, 7) is 7.19. The average molecular weight is 530 g/mol. The van der Waals surface area contributed by atoms with Gasteiger partial charge in [0, 0.05) is 17.7 Å². The standard InChI is InChI=1S/C35H47NO3/c1-5-6-7-8-9-10-11-12-13-14-15-19-24-36-32(27-20-17-16-18-21-27)31(38-4)26-29-30(37)25-28-22-23-35(2,3)39-34(28)33(29)36/h16-18,20-23,25-26H,5-15,19,24H2,1-4H3. The number of pyridine rings is 1. The third-order valence-corrected chi connectivity index (χ3v) is 7.86. The van der Waals surface area contributed by atoms with Gasteiger partial charge in [-0.2, -0.15) is 0 Å². The molecule has 0 bridgehead atoms. The molecular formula is C35H47NO3. The third-order valence-electron chi connectivity index (χ3n) is 7.86. The molecule has 2 aliphatic heterocycles. The number of methoxy groups -OCH3 is 1. The normalized spacial score (nSPS) is 13.8. The van der Waals surface area contributed by atoms with E-state index in [1.54, 1.807) is 13.2 Å². The molecular weight excluding hydrogens is 482 g/mol. The van der Waals surface area contributed by atoms with Gasteiger partial charge in [0.1, 0.15) is 11.4 Å². The summed E-state index contributed by atoms with van der Waals surface area (Å²) >= 11 is 0. The minimum atomic E-state index is -0.439. The first kappa shape index (κ1) is 29.0. The Morgan fingerprint density at radius 1 is 0.821 bits per heavy atom. The molecule has 210 valence electrons. The molecule has 4 heteroatoms. The first-order valence-corrected chi connectivity index (χ1v) is 15.2. The fourth-order valence-electron chi connectivity index (χ4n) is 5.71. The zero-order chi connectivity index (χ0) is 27.7. The van der Waals surface area contributed by atoms with Crippen molar-refractivity contribution in [1.29, 1.82) is 0 Å². The predicted octanol–water partition coefficient (Wildman–Crippen LogP) is 9.51. The van der Waals surface area contributed by atoms with E-state index in [4.69, 9.17) is 9.47 Å². The molecule has 4 nitrogen and oxygen atoms in total. The number of aromatic nitrogens is 1. The number of fused-ring (bicyclic) bond motifs is 3. The molecule has 1 aromatic carbocycles. The maximum absolute atomic E-state index is 13.3. The first-order chi connectivity index (χ1) is 18.9. The maximum Gasteiger partial charge on any atom is 0.188 e. The molecule has 0 atom stereocenters. The van der Waals surface area contributed by atoms with Gasteiger partial charge in [-0.25, -0.2) is 0 Å². The Morgan fingerprint density at radius 3 is 2.05 bits per heavy atom. The topological polar surface area (TPSA) is 40.5 Å². The van der Waals surface area contributed by atoms with Crippen LogP contribution in [0.15, 0.2) is 53.3 Å². The molecule has 0 amide bonds. The second-order valence-corrected chi connectivity index (χ2v) is 11.6. The highest BCUT2D eigenvalue weighted by Gasteiger charge is 2.30. The highest BCUT2D eigenvalue weighted by Crippen LogP contribution is 2.44. The number of unbranched alkanes of at least 4 members (excludes halogenated alkanes) is 11. The molecule has 4 rings (SSSR count). The van der Waals surface area contributed by atoms with Crippen molar-refractivity contribution in [2.24, 2.45) is 0 Å². The lowest BCUT2D eigenvalue weighted by molar-refractivity contribution is 0.158. The Kier molecular flexibility index (Phi) is 10.3. The molecule has 0 fully saturated rings. The van der Waals surface area contributed by atoms with Crippen molar-refractivity contribution in [2.45, 2.75) is 110 Å². The van der Waals surface area contributed by atoms with Crippen LogP contribution < -0.4 is 14.9 Å². The summed E-state index contributed by atoms with van der Waals surface area (Å²) in [4.78, 5) is 13.3. The highest BCUT2D eigenvalue weighted by molar-refractivity contribution is 5.83. The Hall–Kier alpha value is -3.01. The van der Waals surface area contributed by atoms with Crippen molar-refractivity contribution in [3.63, 3.8) is 0 Å². The summed E-state index contributed by atoms with van der Waals surface area (Å²) in [6.07, 6.45) is 19.8. The maximum atomic E-state index is 13.3. The summed E-state index contributed by atoms with van der Waals surface area (Å²) in [5.74, 6) is 1.51. The van der Waals surface area contributed by atoms with Crippen molar-refractivity contribution in [2.75, 3.05) is 7.11 Å². The Labute approximate surface area is 235 Å². The van der Waals surface area contributed by atoms with E-state index in [0.717, 1.165) is 47.0 Å². The van der Waals surface area contributed by atoms with E-state index in [0.29, 0.717) is 5.56 Å². The quantitative estimate of drug-likeness (QED) is 0.184. The predicted molar refractivity (Wildman–Crippen MR) is 164 cm³/mol. The van der Waals surface area contributed by atoms with E-state index in [1.807, 2.05) is 24.3 Å². The van der Waals surface area contributed by atoms with Crippen LogP contribution in [0.2, 0.25) is 0 Å². The Morgan fingerprint density at radius 2 is 1.44 bits per heavy atom. The van der Waals surface area contributed by atoms with Crippen molar-refractivity contribution >= 4 is 6.08 Å². The summed E-state index contributed by atoms with van der Waals surface area (Å²) < 4.78 is 14.7. The molecule has 1 aromatic rings. The van der Waals surface area contributed by atoms with Crippen LogP contribution in [0, 0.1) is 0 Å². The van der Waals surface area contributed by atoms with Gasteiger partial charge in [-0.15, -0.1) is 0 Å². The molecule has 0 unspecified atom stereocenters. The van der Waals surface area contributed by atoms with Gasteiger partial charge in [0.25, 0.3) is 0 Å². The largest absolute Gasteiger partial charge is 0.495 e. The van der Waals surface area contributed by atoms with Crippen LogP contribution >= 0.6 is 0 Å². The minimum Gasteiger partial charge on any atom is -0.495 e. The van der Waals surface area contributed by atoms with E-state index in [9.17, 15) is 4.79 Å². The van der Waals surface area contributed by atoms with Crippen LogP contribution in [0.5, 0.6) is 11.5 Å².